The van der Waals surface area contributed by atoms with E-state index in [4.69, 9.17) is 21.4 Å². The van der Waals surface area contributed by atoms with E-state index >= 15 is 0 Å². The van der Waals surface area contributed by atoms with Crippen molar-refractivity contribution in [3.05, 3.63) is 22.7 Å². The van der Waals surface area contributed by atoms with E-state index in [0.29, 0.717) is 0 Å². The van der Waals surface area contributed by atoms with Gasteiger partial charge in [0, 0.05) is 12.3 Å². The first-order chi connectivity index (χ1) is 9.14. The number of hydrogen-bond acceptors (Lipinski definition) is 5. The highest BCUT2D eigenvalue weighted by Crippen LogP contribution is 2.31. The minimum Gasteiger partial charge on any atom is -0.496 e. The lowest BCUT2D eigenvalue weighted by molar-refractivity contribution is -0.113. The lowest BCUT2D eigenvalue weighted by Crippen LogP contribution is -2.22. The number of carbonyl (C=O) groups is 2. The Hall–Kier alpha value is -1.80. The van der Waals surface area contributed by atoms with Crippen LogP contribution in [0, 0.1) is 0 Å². The van der Waals surface area contributed by atoms with Crippen molar-refractivity contribution in [3.8, 4) is 5.75 Å². The van der Waals surface area contributed by atoms with E-state index < -0.39 is 27.5 Å². The summed E-state index contributed by atoms with van der Waals surface area (Å²) in [4.78, 5) is 22.4. The van der Waals surface area contributed by atoms with E-state index in [1.165, 1.54) is 13.2 Å². The van der Waals surface area contributed by atoms with Gasteiger partial charge in [0.15, 0.2) is 9.84 Å². The van der Waals surface area contributed by atoms with Crippen molar-refractivity contribution >= 4 is 39.0 Å². The van der Waals surface area contributed by atoms with Gasteiger partial charge in [0.1, 0.15) is 17.1 Å². The Kier molecular flexibility index (Phi) is 4.96. The molecule has 0 radical (unpaired) electrons. The van der Waals surface area contributed by atoms with Crippen LogP contribution in [0.15, 0.2) is 12.1 Å². The summed E-state index contributed by atoms with van der Waals surface area (Å²) in [5, 5.41) is 11.2. The van der Waals surface area contributed by atoms with E-state index in [-0.39, 0.29) is 22.0 Å². The quantitative estimate of drug-likeness (QED) is 0.838. The second kappa shape index (κ2) is 6.10. The molecule has 20 heavy (non-hydrogen) atoms. The van der Waals surface area contributed by atoms with Crippen molar-refractivity contribution in [2.45, 2.75) is 0 Å². The highest BCUT2D eigenvalue weighted by Gasteiger charge is 2.17. The summed E-state index contributed by atoms with van der Waals surface area (Å²) in [5.41, 5.74) is -0.0965. The smallest absolute Gasteiger partial charge is 0.339 e. The monoisotopic (exact) mass is 321 g/mol. The molecule has 0 fully saturated rings. The van der Waals surface area contributed by atoms with Crippen LogP contribution in [0.25, 0.3) is 0 Å². The summed E-state index contributed by atoms with van der Waals surface area (Å²) in [7, 11) is -2.21. The van der Waals surface area contributed by atoms with Crippen molar-refractivity contribution in [1.29, 1.82) is 0 Å². The largest absolute Gasteiger partial charge is 0.496 e. The number of ether oxygens (including phenoxy) is 1. The highest BCUT2D eigenvalue weighted by atomic mass is 35.5. The maximum absolute atomic E-state index is 11.5. The summed E-state index contributed by atoms with van der Waals surface area (Å²) in [6, 6.07) is 2.32. The summed E-state index contributed by atoms with van der Waals surface area (Å²) in [5.74, 6) is -2.72. The Labute approximate surface area is 120 Å². The van der Waals surface area contributed by atoms with Crippen LogP contribution in [-0.4, -0.2) is 44.5 Å². The molecule has 0 unspecified atom stereocenters. The predicted octanol–water partition coefficient (Wildman–Crippen LogP) is 1.03. The minimum absolute atomic E-state index is 0.00319. The summed E-state index contributed by atoms with van der Waals surface area (Å²) >= 11 is 5.83. The predicted molar refractivity (Wildman–Crippen MR) is 73.3 cm³/mol. The maximum Gasteiger partial charge on any atom is 0.339 e. The first-order valence-electron chi connectivity index (χ1n) is 5.22. The van der Waals surface area contributed by atoms with Crippen LogP contribution < -0.4 is 10.1 Å². The molecule has 1 aromatic rings. The number of methoxy groups -OCH3 is 1. The van der Waals surface area contributed by atoms with Gasteiger partial charge in [-0.05, 0) is 6.07 Å². The molecule has 0 atom stereocenters. The zero-order valence-electron chi connectivity index (χ0n) is 10.6. The number of carbonyl (C=O) groups excluding carboxylic acids is 1. The molecule has 2 N–H and O–H groups in total. The van der Waals surface area contributed by atoms with Gasteiger partial charge in [-0.1, -0.05) is 11.6 Å². The van der Waals surface area contributed by atoms with Gasteiger partial charge in [-0.25, -0.2) is 13.2 Å². The molecular formula is C11H12ClNO6S. The van der Waals surface area contributed by atoms with Crippen molar-refractivity contribution in [3.63, 3.8) is 0 Å². The van der Waals surface area contributed by atoms with Crippen molar-refractivity contribution in [2.75, 3.05) is 24.4 Å². The number of carboxylic acid groups (broad SMARTS) is 1. The van der Waals surface area contributed by atoms with Crippen LogP contribution in [0.1, 0.15) is 10.4 Å². The summed E-state index contributed by atoms with van der Waals surface area (Å²) < 4.78 is 26.8. The van der Waals surface area contributed by atoms with Crippen molar-refractivity contribution < 1.29 is 27.9 Å². The molecule has 0 saturated heterocycles. The van der Waals surface area contributed by atoms with Gasteiger partial charge in [-0.2, -0.15) is 0 Å². The maximum atomic E-state index is 11.5. The minimum atomic E-state index is -3.47. The summed E-state index contributed by atoms with van der Waals surface area (Å²) in [6.07, 6.45) is 0.919. The molecular weight excluding hydrogens is 310 g/mol. The molecule has 1 rings (SSSR count). The number of benzene rings is 1. The van der Waals surface area contributed by atoms with Crippen LogP contribution >= 0.6 is 11.6 Å². The fourth-order valence-electron chi connectivity index (χ4n) is 1.41. The van der Waals surface area contributed by atoms with Gasteiger partial charge in [0.25, 0.3) is 0 Å². The molecule has 1 aromatic carbocycles. The lowest BCUT2D eigenvalue weighted by atomic mass is 10.2. The van der Waals surface area contributed by atoms with Gasteiger partial charge >= 0.3 is 5.97 Å². The van der Waals surface area contributed by atoms with E-state index in [9.17, 15) is 18.0 Å². The Morgan fingerprint density at radius 1 is 1.40 bits per heavy atom. The Morgan fingerprint density at radius 3 is 2.45 bits per heavy atom. The average molecular weight is 322 g/mol. The topological polar surface area (TPSA) is 110 Å². The fourth-order valence-corrected chi connectivity index (χ4v) is 2.17. The molecule has 1 amide bonds. The van der Waals surface area contributed by atoms with Gasteiger partial charge in [-0.15, -0.1) is 0 Å². The molecule has 7 nitrogen and oxygen atoms in total. The molecule has 0 bridgehead atoms. The van der Waals surface area contributed by atoms with Crippen LogP contribution in [0.5, 0.6) is 5.75 Å². The molecule has 0 heterocycles. The van der Waals surface area contributed by atoms with E-state index in [1.807, 2.05) is 0 Å². The first kappa shape index (κ1) is 16.3. The van der Waals surface area contributed by atoms with Gasteiger partial charge in [-0.3, -0.25) is 4.79 Å². The molecule has 0 aliphatic heterocycles. The molecule has 9 heteroatoms. The van der Waals surface area contributed by atoms with Crippen LogP contribution in [0.3, 0.4) is 0 Å². The van der Waals surface area contributed by atoms with Crippen LogP contribution in [-0.2, 0) is 14.6 Å². The molecule has 0 spiro atoms. The van der Waals surface area contributed by atoms with Crippen LogP contribution in [0.2, 0.25) is 5.02 Å². The Morgan fingerprint density at radius 2 is 2.00 bits per heavy atom. The zero-order chi connectivity index (χ0) is 15.5. The Balaban J connectivity index is 3.08. The third-order valence-corrected chi connectivity index (χ3v) is 3.29. The molecule has 0 aliphatic carbocycles. The van der Waals surface area contributed by atoms with Crippen LogP contribution in [0.4, 0.5) is 5.69 Å². The molecule has 0 saturated carbocycles. The second-order valence-electron chi connectivity index (χ2n) is 3.96. The highest BCUT2D eigenvalue weighted by molar-refractivity contribution is 7.91. The Bertz CT molecular complexity index is 655. The average Bonchev–Trinajstić information content (AvgIpc) is 2.28. The molecule has 0 aromatic heterocycles. The van der Waals surface area contributed by atoms with E-state index in [2.05, 4.69) is 5.32 Å². The van der Waals surface area contributed by atoms with E-state index in [1.54, 1.807) is 0 Å². The summed E-state index contributed by atoms with van der Waals surface area (Å²) in [6.45, 7) is 0. The van der Waals surface area contributed by atoms with E-state index in [0.717, 1.165) is 12.3 Å². The fraction of sp³-hybridized carbons (Fsp3) is 0.273. The third-order valence-electron chi connectivity index (χ3n) is 2.19. The SMILES string of the molecule is COc1cc(NC(=O)CS(C)(=O)=O)c(Cl)cc1C(=O)O. The molecule has 0 aliphatic rings. The number of halogens is 1. The number of amides is 1. The standard InChI is InChI=1S/C11H12ClNO6S/c1-19-9-4-8(7(12)3-6(9)11(15)16)13-10(14)5-20(2,17)18/h3-4H,5H2,1-2H3,(H,13,14)(H,15,16). The van der Waals surface area contributed by atoms with Gasteiger partial charge < -0.3 is 15.2 Å². The zero-order valence-corrected chi connectivity index (χ0v) is 12.2. The lowest BCUT2D eigenvalue weighted by Gasteiger charge is -2.11. The number of rotatable bonds is 5. The van der Waals surface area contributed by atoms with Gasteiger partial charge in [0.2, 0.25) is 5.91 Å². The molecule has 110 valence electrons. The number of anilines is 1. The number of sulfone groups is 1. The number of hydrogen-bond donors (Lipinski definition) is 2. The third kappa shape index (κ3) is 4.39. The second-order valence-corrected chi connectivity index (χ2v) is 6.50. The number of carboxylic acids is 1. The number of nitrogens with one attached hydrogen (secondary N) is 1. The number of aromatic carboxylic acids is 1. The first-order valence-corrected chi connectivity index (χ1v) is 7.66. The van der Waals surface area contributed by atoms with Crippen molar-refractivity contribution in [2.24, 2.45) is 0 Å². The van der Waals surface area contributed by atoms with Crippen molar-refractivity contribution in [1.82, 2.24) is 0 Å². The normalized spacial score (nSPS) is 10.9. The van der Waals surface area contributed by atoms with Gasteiger partial charge in [0.05, 0.1) is 17.8 Å².